The quantitative estimate of drug-likeness (QED) is 0.871. The minimum atomic E-state index is -0.177. The van der Waals surface area contributed by atoms with Gasteiger partial charge in [-0.15, -0.1) is 0 Å². The highest BCUT2D eigenvalue weighted by atomic mass is 79.9. The van der Waals surface area contributed by atoms with E-state index in [0.29, 0.717) is 11.4 Å². The van der Waals surface area contributed by atoms with E-state index in [2.05, 4.69) is 38.5 Å². The van der Waals surface area contributed by atoms with E-state index in [1.165, 1.54) is 0 Å². The Balaban J connectivity index is 2.19. The number of nitrogens with zero attached hydrogens (tertiary/aromatic N) is 1. The van der Waals surface area contributed by atoms with Crippen LogP contribution in [0.25, 0.3) is 0 Å². The molecule has 0 unspecified atom stereocenters. The van der Waals surface area contributed by atoms with Crippen LogP contribution in [0, 0.1) is 0 Å². The summed E-state index contributed by atoms with van der Waals surface area (Å²) in [4.78, 5) is 16.6. The molecule has 20 heavy (non-hydrogen) atoms. The van der Waals surface area contributed by atoms with Crippen LogP contribution in [0.1, 0.15) is 23.7 Å². The molecule has 0 spiro atoms. The summed E-state index contributed by atoms with van der Waals surface area (Å²) in [6.45, 7) is 2.85. The third-order valence-electron chi connectivity index (χ3n) is 2.72. The normalized spacial score (nSPS) is 10.1. The molecular weight excluding hydrogens is 318 g/mol. The Morgan fingerprint density at radius 1 is 1.25 bits per heavy atom. The number of carbonyl (C=O) groups excluding carboxylic acids is 1. The van der Waals surface area contributed by atoms with Gasteiger partial charge in [0.05, 0.1) is 11.3 Å². The number of halogens is 1. The molecule has 0 radical (unpaired) electrons. The van der Waals surface area contributed by atoms with E-state index in [9.17, 15) is 4.79 Å². The van der Waals surface area contributed by atoms with Crippen LogP contribution in [0.4, 0.5) is 11.5 Å². The van der Waals surface area contributed by atoms with Crippen molar-refractivity contribution in [3.05, 3.63) is 52.6 Å². The van der Waals surface area contributed by atoms with Gasteiger partial charge in [-0.2, -0.15) is 0 Å². The summed E-state index contributed by atoms with van der Waals surface area (Å²) in [5.41, 5.74) is 1.28. The van der Waals surface area contributed by atoms with Crippen molar-refractivity contribution in [1.82, 2.24) is 4.98 Å². The smallest absolute Gasteiger partial charge is 0.259 e. The second-order valence-corrected chi connectivity index (χ2v) is 5.11. The largest absolute Gasteiger partial charge is 0.369 e. The molecule has 1 aromatic carbocycles. The number of pyridine rings is 1. The lowest BCUT2D eigenvalue weighted by Gasteiger charge is -2.11. The monoisotopic (exact) mass is 333 g/mol. The number of aromatic nitrogens is 1. The molecular formula is C15H16BrN3O. The Morgan fingerprint density at radius 2 is 2.05 bits per heavy atom. The minimum absolute atomic E-state index is 0.177. The zero-order chi connectivity index (χ0) is 14.4. The molecule has 0 saturated carbocycles. The highest BCUT2D eigenvalue weighted by Gasteiger charge is 2.13. The number of para-hydroxylation sites is 1. The third kappa shape index (κ3) is 3.57. The lowest BCUT2D eigenvalue weighted by Crippen LogP contribution is -2.16. The van der Waals surface area contributed by atoms with Crippen LogP contribution in [0.15, 0.2) is 47.1 Å². The molecule has 2 N–H and O–H groups in total. The van der Waals surface area contributed by atoms with Gasteiger partial charge in [0.15, 0.2) is 0 Å². The van der Waals surface area contributed by atoms with Gasteiger partial charge >= 0.3 is 0 Å². The fourth-order valence-electron chi connectivity index (χ4n) is 1.73. The van der Waals surface area contributed by atoms with E-state index in [4.69, 9.17) is 0 Å². The first-order chi connectivity index (χ1) is 9.72. The average Bonchev–Trinajstić information content (AvgIpc) is 2.47. The van der Waals surface area contributed by atoms with Gasteiger partial charge in [-0.3, -0.25) is 4.79 Å². The lowest BCUT2D eigenvalue weighted by atomic mass is 10.2. The number of nitrogens with one attached hydrogen (secondary N) is 2. The minimum Gasteiger partial charge on any atom is -0.369 e. The maximum Gasteiger partial charge on any atom is 0.259 e. The van der Waals surface area contributed by atoms with Crippen LogP contribution < -0.4 is 10.6 Å². The van der Waals surface area contributed by atoms with Gasteiger partial charge in [0, 0.05) is 17.2 Å². The molecule has 1 amide bonds. The van der Waals surface area contributed by atoms with Crippen molar-refractivity contribution in [2.24, 2.45) is 0 Å². The van der Waals surface area contributed by atoms with Crippen molar-refractivity contribution in [3.8, 4) is 0 Å². The molecule has 0 aliphatic rings. The zero-order valence-electron chi connectivity index (χ0n) is 11.2. The van der Waals surface area contributed by atoms with Crippen molar-refractivity contribution >= 4 is 33.3 Å². The van der Waals surface area contributed by atoms with Gasteiger partial charge in [-0.1, -0.05) is 19.1 Å². The van der Waals surface area contributed by atoms with Gasteiger partial charge in [-0.05, 0) is 46.6 Å². The molecule has 0 aliphatic heterocycles. The lowest BCUT2D eigenvalue weighted by molar-refractivity contribution is 0.102. The molecule has 2 aromatic rings. The van der Waals surface area contributed by atoms with E-state index in [0.717, 1.165) is 23.1 Å². The van der Waals surface area contributed by atoms with Crippen molar-refractivity contribution < 1.29 is 4.79 Å². The maximum absolute atomic E-state index is 12.3. The number of benzene rings is 1. The molecule has 5 heteroatoms. The van der Waals surface area contributed by atoms with E-state index in [-0.39, 0.29) is 5.91 Å². The third-order valence-corrected chi connectivity index (χ3v) is 3.41. The summed E-state index contributed by atoms with van der Waals surface area (Å²) in [6.07, 6.45) is 2.65. The molecule has 0 bridgehead atoms. The summed E-state index contributed by atoms with van der Waals surface area (Å²) in [6, 6.07) is 11.0. The average molecular weight is 334 g/mol. The topological polar surface area (TPSA) is 54.0 Å². The Kier molecular flexibility index (Phi) is 5.12. The van der Waals surface area contributed by atoms with Gasteiger partial charge in [0.2, 0.25) is 0 Å². The first-order valence-electron chi connectivity index (χ1n) is 6.47. The van der Waals surface area contributed by atoms with Crippen LogP contribution in [-0.2, 0) is 0 Å². The highest BCUT2D eigenvalue weighted by molar-refractivity contribution is 9.10. The molecule has 2 rings (SSSR count). The number of hydrogen-bond donors (Lipinski definition) is 2. The molecule has 0 aliphatic carbocycles. The maximum atomic E-state index is 12.3. The number of hydrogen-bond acceptors (Lipinski definition) is 3. The number of carbonyl (C=O) groups is 1. The highest BCUT2D eigenvalue weighted by Crippen LogP contribution is 2.22. The SMILES string of the molecule is CCCNc1ncccc1C(=O)Nc1ccccc1Br. The fourth-order valence-corrected chi connectivity index (χ4v) is 2.11. The van der Waals surface area contributed by atoms with Crippen molar-refractivity contribution in [2.75, 3.05) is 17.2 Å². The molecule has 1 aromatic heterocycles. The summed E-state index contributed by atoms with van der Waals surface area (Å²) in [7, 11) is 0. The summed E-state index contributed by atoms with van der Waals surface area (Å²) in [5.74, 6) is 0.433. The second kappa shape index (κ2) is 7.05. The first-order valence-corrected chi connectivity index (χ1v) is 7.26. The predicted molar refractivity (Wildman–Crippen MR) is 85.1 cm³/mol. The van der Waals surface area contributed by atoms with Crippen LogP contribution in [0.5, 0.6) is 0 Å². The van der Waals surface area contributed by atoms with Crippen molar-refractivity contribution in [2.45, 2.75) is 13.3 Å². The van der Waals surface area contributed by atoms with Crippen LogP contribution >= 0.6 is 15.9 Å². The molecule has 0 fully saturated rings. The van der Waals surface area contributed by atoms with E-state index < -0.39 is 0 Å². The van der Waals surface area contributed by atoms with Gasteiger partial charge < -0.3 is 10.6 Å². The standard InChI is InChI=1S/C15H16BrN3O/c1-2-9-17-14-11(6-5-10-18-14)15(20)19-13-8-4-3-7-12(13)16/h3-8,10H,2,9H2,1H3,(H,17,18)(H,19,20). The van der Waals surface area contributed by atoms with E-state index >= 15 is 0 Å². The zero-order valence-corrected chi connectivity index (χ0v) is 12.8. The molecule has 0 saturated heterocycles. The molecule has 4 nitrogen and oxygen atoms in total. The fraction of sp³-hybridized carbons (Fsp3) is 0.200. The Labute approximate surface area is 126 Å². The molecule has 104 valence electrons. The molecule has 1 heterocycles. The number of amides is 1. The van der Waals surface area contributed by atoms with Crippen molar-refractivity contribution in [3.63, 3.8) is 0 Å². The van der Waals surface area contributed by atoms with Gasteiger partial charge in [0.1, 0.15) is 5.82 Å². The van der Waals surface area contributed by atoms with Gasteiger partial charge in [0.25, 0.3) is 5.91 Å². The van der Waals surface area contributed by atoms with Crippen LogP contribution in [0.2, 0.25) is 0 Å². The first kappa shape index (κ1) is 14.5. The number of anilines is 2. The Bertz CT molecular complexity index is 601. The van der Waals surface area contributed by atoms with Crippen LogP contribution in [0.3, 0.4) is 0 Å². The summed E-state index contributed by atoms with van der Waals surface area (Å²) in [5, 5.41) is 6.04. The predicted octanol–water partition coefficient (Wildman–Crippen LogP) is 3.92. The van der Waals surface area contributed by atoms with Gasteiger partial charge in [-0.25, -0.2) is 4.98 Å². The molecule has 0 atom stereocenters. The second-order valence-electron chi connectivity index (χ2n) is 4.26. The number of rotatable bonds is 5. The summed E-state index contributed by atoms with van der Waals surface area (Å²) >= 11 is 3.41. The Morgan fingerprint density at radius 3 is 2.80 bits per heavy atom. The summed E-state index contributed by atoms with van der Waals surface area (Å²) < 4.78 is 0.848. The van der Waals surface area contributed by atoms with E-state index in [1.807, 2.05) is 24.3 Å². The van der Waals surface area contributed by atoms with Crippen molar-refractivity contribution in [1.29, 1.82) is 0 Å². The van der Waals surface area contributed by atoms with E-state index in [1.54, 1.807) is 18.3 Å². The Hall–Kier alpha value is -1.88. The van der Waals surface area contributed by atoms with Crippen LogP contribution in [-0.4, -0.2) is 17.4 Å².